The van der Waals surface area contributed by atoms with Crippen LogP contribution in [0.2, 0.25) is 0 Å². The average molecular weight is 215 g/mol. The van der Waals surface area contributed by atoms with E-state index in [0.717, 1.165) is 11.1 Å². The third-order valence-electron chi connectivity index (χ3n) is 1.33. The zero-order valence-electron chi connectivity index (χ0n) is 7.27. The summed E-state index contributed by atoms with van der Waals surface area (Å²) in [6.45, 7) is 4.52. The predicted molar refractivity (Wildman–Crippen MR) is 46.8 cm³/mol. The molecular weight excluding hydrogens is 205 g/mol. The molecule has 0 saturated heterocycles. The highest BCUT2D eigenvalue weighted by Gasteiger charge is 2.39. The minimum Gasteiger partial charge on any atom is -0.339 e. The van der Waals surface area contributed by atoms with Gasteiger partial charge in [-0.3, -0.25) is 0 Å². The number of amidine groups is 1. The molecule has 0 aliphatic heterocycles. The number of rotatable bonds is 2. The summed E-state index contributed by atoms with van der Waals surface area (Å²) in [5.41, 5.74) is -0.777. The van der Waals surface area contributed by atoms with Crippen molar-refractivity contribution in [2.75, 3.05) is 7.05 Å². The van der Waals surface area contributed by atoms with Crippen LogP contribution in [0.5, 0.6) is 0 Å². The van der Waals surface area contributed by atoms with Crippen molar-refractivity contribution in [3.8, 4) is 0 Å². The van der Waals surface area contributed by atoms with Gasteiger partial charge in [0, 0.05) is 13.2 Å². The molecule has 0 radical (unpaired) electrons. The van der Waals surface area contributed by atoms with Crippen LogP contribution in [0.25, 0.3) is 0 Å². The summed E-state index contributed by atoms with van der Waals surface area (Å²) in [5, 5.41) is 0. The molecule has 0 spiro atoms. The number of alkyl halides is 4. The van der Waals surface area contributed by atoms with E-state index in [1.807, 2.05) is 0 Å². The van der Waals surface area contributed by atoms with Gasteiger partial charge in [0.05, 0.1) is 0 Å². The molecule has 0 amide bonds. The highest BCUT2D eigenvalue weighted by atomic mass is 35.5. The van der Waals surface area contributed by atoms with E-state index in [0.29, 0.717) is 0 Å². The minimum absolute atomic E-state index is 0.777. The average Bonchev–Trinajstić information content (AvgIpc) is 1.96. The zero-order chi connectivity index (χ0) is 10.6. The lowest BCUT2D eigenvalue weighted by atomic mass is 10.4. The van der Waals surface area contributed by atoms with Gasteiger partial charge in [0.25, 0.3) is 0 Å². The highest BCUT2D eigenvalue weighted by Crippen LogP contribution is 2.21. The third-order valence-corrected chi connectivity index (χ3v) is 1.63. The summed E-state index contributed by atoms with van der Waals surface area (Å²) in [6.07, 6.45) is -3.68. The molecule has 0 fully saturated rings. The number of hydrogen-bond acceptors (Lipinski definition) is 1. The summed E-state index contributed by atoms with van der Waals surface area (Å²) in [4.78, 5) is 3.94. The molecule has 0 aromatic carbocycles. The predicted octanol–water partition coefficient (Wildman–Crippen LogP) is 2.61. The second-order valence-corrected chi connectivity index (χ2v) is 2.95. The minimum atomic E-state index is -4.51. The summed E-state index contributed by atoms with van der Waals surface area (Å²) in [7, 11) is 1.22. The van der Waals surface area contributed by atoms with Crippen LogP contribution >= 0.6 is 11.6 Å². The lowest BCUT2D eigenvalue weighted by molar-refractivity contribution is -0.0681. The molecule has 0 aliphatic rings. The van der Waals surface area contributed by atoms with Gasteiger partial charge in [-0.15, -0.1) is 0 Å². The van der Waals surface area contributed by atoms with Crippen molar-refractivity contribution >= 4 is 17.4 Å². The van der Waals surface area contributed by atoms with E-state index in [4.69, 9.17) is 11.6 Å². The van der Waals surface area contributed by atoms with Crippen LogP contribution in [0, 0.1) is 0 Å². The largest absolute Gasteiger partial charge is 0.449 e. The Morgan fingerprint density at radius 1 is 1.62 bits per heavy atom. The van der Waals surface area contributed by atoms with Gasteiger partial charge in [-0.1, -0.05) is 18.2 Å². The van der Waals surface area contributed by atoms with Gasteiger partial charge in [-0.05, 0) is 6.92 Å². The molecule has 0 heterocycles. The van der Waals surface area contributed by atoms with Crippen molar-refractivity contribution in [1.29, 1.82) is 0 Å². The maximum atomic E-state index is 12.2. The van der Waals surface area contributed by atoms with E-state index in [1.54, 1.807) is 0 Å². The molecule has 0 N–H and O–H groups in total. The Kier molecular flexibility index (Phi) is 4.26. The zero-order valence-corrected chi connectivity index (χ0v) is 8.02. The number of aliphatic imine (C=N–C) groups is 1. The monoisotopic (exact) mass is 214 g/mol. The van der Waals surface area contributed by atoms with Crippen LogP contribution in [-0.4, -0.2) is 29.5 Å². The maximum absolute atomic E-state index is 12.2. The van der Waals surface area contributed by atoms with Gasteiger partial charge >= 0.3 is 6.18 Å². The van der Waals surface area contributed by atoms with Crippen molar-refractivity contribution in [3.63, 3.8) is 0 Å². The second-order valence-electron chi connectivity index (χ2n) is 2.32. The van der Waals surface area contributed by atoms with Gasteiger partial charge in [0.15, 0.2) is 0 Å². The first-order valence-corrected chi connectivity index (χ1v) is 3.87. The number of hydrogen-bond donors (Lipinski definition) is 0. The quantitative estimate of drug-likeness (QED) is 0.299. The van der Waals surface area contributed by atoms with E-state index >= 15 is 0 Å². The van der Waals surface area contributed by atoms with Crippen molar-refractivity contribution in [3.05, 3.63) is 12.8 Å². The maximum Gasteiger partial charge on any atom is 0.449 e. The van der Waals surface area contributed by atoms with Crippen molar-refractivity contribution < 1.29 is 13.2 Å². The Bertz CT molecular complexity index is 210. The van der Waals surface area contributed by atoms with Crippen LogP contribution in [0.4, 0.5) is 13.2 Å². The molecule has 6 heteroatoms. The molecule has 2 nitrogen and oxygen atoms in total. The lowest BCUT2D eigenvalue weighted by Gasteiger charge is -2.24. The highest BCUT2D eigenvalue weighted by molar-refractivity contribution is 6.21. The van der Waals surface area contributed by atoms with Crippen LogP contribution in [-0.2, 0) is 0 Å². The van der Waals surface area contributed by atoms with Crippen molar-refractivity contribution in [2.45, 2.75) is 18.6 Å². The van der Waals surface area contributed by atoms with Crippen LogP contribution in [0.3, 0.4) is 0 Å². The van der Waals surface area contributed by atoms with Gasteiger partial charge in [-0.25, -0.2) is 4.99 Å². The lowest BCUT2D eigenvalue weighted by Crippen LogP contribution is -2.41. The summed E-state index contributed by atoms with van der Waals surface area (Å²) >= 11 is 5.48. The molecule has 13 heavy (non-hydrogen) atoms. The topological polar surface area (TPSA) is 15.6 Å². The first-order chi connectivity index (χ1) is 5.80. The van der Waals surface area contributed by atoms with Crippen LogP contribution in [0.15, 0.2) is 17.8 Å². The molecule has 0 aliphatic carbocycles. The fraction of sp³-hybridized carbons (Fsp3) is 0.571. The van der Waals surface area contributed by atoms with Gasteiger partial charge in [0.2, 0.25) is 5.84 Å². The van der Waals surface area contributed by atoms with E-state index in [-0.39, 0.29) is 0 Å². The van der Waals surface area contributed by atoms with E-state index in [2.05, 4.69) is 11.6 Å². The Balaban J connectivity index is 4.83. The Morgan fingerprint density at radius 3 is 2.31 bits per heavy atom. The molecule has 0 saturated carbocycles. The molecule has 1 atom stereocenters. The summed E-state index contributed by atoms with van der Waals surface area (Å²) in [6, 6.07) is 0. The SMILES string of the molecule is C=C/N=C(\N(C)C(C)Cl)C(F)(F)F. The van der Waals surface area contributed by atoms with Crippen molar-refractivity contribution in [2.24, 2.45) is 4.99 Å². The molecule has 0 bridgehead atoms. The van der Waals surface area contributed by atoms with Gasteiger partial charge in [-0.2, -0.15) is 13.2 Å². The smallest absolute Gasteiger partial charge is 0.339 e. The standard InChI is InChI=1S/C7H10ClF3N2/c1-4-12-6(7(9,10)11)13(3)5(2)8/h4-5H,1H2,2-3H3/b12-6-. The molecule has 76 valence electrons. The van der Waals surface area contributed by atoms with E-state index < -0.39 is 17.5 Å². The molecular formula is C7H10ClF3N2. The first kappa shape index (κ1) is 12.3. The van der Waals surface area contributed by atoms with Gasteiger partial charge in [0.1, 0.15) is 5.50 Å². The Hall–Kier alpha value is -0.710. The third kappa shape index (κ3) is 3.67. The van der Waals surface area contributed by atoms with E-state index in [1.165, 1.54) is 14.0 Å². The van der Waals surface area contributed by atoms with Gasteiger partial charge < -0.3 is 4.90 Å². The summed E-state index contributed by atoms with van der Waals surface area (Å²) < 4.78 is 36.7. The van der Waals surface area contributed by atoms with Crippen LogP contribution < -0.4 is 0 Å². The normalized spacial score (nSPS) is 15.4. The number of nitrogens with zero attached hydrogens (tertiary/aromatic N) is 2. The Labute approximate surface area is 79.7 Å². The molecule has 0 aromatic heterocycles. The number of halogens is 4. The van der Waals surface area contributed by atoms with Crippen molar-refractivity contribution in [1.82, 2.24) is 4.90 Å². The fourth-order valence-electron chi connectivity index (χ4n) is 0.619. The molecule has 0 rings (SSSR count). The Morgan fingerprint density at radius 2 is 2.08 bits per heavy atom. The summed E-state index contributed by atoms with van der Waals surface area (Å²) in [5.74, 6) is -1.05. The fourth-order valence-corrected chi connectivity index (χ4v) is 0.712. The van der Waals surface area contributed by atoms with E-state index in [9.17, 15) is 13.2 Å². The second kappa shape index (κ2) is 4.50. The molecule has 0 aromatic rings. The molecule has 1 unspecified atom stereocenters. The van der Waals surface area contributed by atoms with Crippen LogP contribution in [0.1, 0.15) is 6.92 Å². The first-order valence-electron chi connectivity index (χ1n) is 3.43.